The first kappa shape index (κ1) is 21.4. The van der Waals surface area contributed by atoms with E-state index in [0.29, 0.717) is 32.4 Å². The Kier molecular flexibility index (Phi) is 7.12. The van der Waals surface area contributed by atoms with Crippen LogP contribution in [0.25, 0.3) is 0 Å². The number of amides is 2. The Hall–Kier alpha value is -3.27. The first-order valence-corrected chi connectivity index (χ1v) is 10.4. The standard InChI is InChI=1S/C23H18ClN3O2S/c1-15-11-17(24)9-10-20(15)27-23(29)19-7-2-3-8-21(19)30-14-22(28)26-18-6-4-5-16(12-18)13-25/h2-12H,14H2,1H3,(H,26,28)(H,27,29). The molecule has 0 radical (unpaired) electrons. The number of halogens is 1. The lowest BCUT2D eigenvalue weighted by atomic mass is 10.1. The van der Waals surface area contributed by atoms with Crippen molar-refractivity contribution in [2.24, 2.45) is 0 Å². The van der Waals surface area contributed by atoms with Crippen molar-refractivity contribution >= 4 is 46.6 Å². The maximum absolute atomic E-state index is 12.8. The predicted molar refractivity (Wildman–Crippen MR) is 121 cm³/mol. The second kappa shape index (κ2) is 9.97. The third-order valence-electron chi connectivity index (χ3n) is 4.20. The first-order valence-electron chi connectivity index (χ1n) is 9.05. The number of benzene rings is 3. The monoisotopic (exact) mass is 435 g/mol. The molecule has 150 valence electrons. The van der Waals surface area contributed by atoms with Crippen molar-refractivity contribution in [3.8, 4) is 6.07 Å². The number of carbonyl (C=O) groups excluding carboxylic acids is 2. The molecule has 7 heteroatoms. The number of hydrogen-bond acceptors (Lipinski definition) is 4. The van der Waals surface area contributed by atoms with E-state index in [0.717, 1.165) is 5.56 Å². The van der Waals surface area contributed by atoms with Crippen LogP contribution in [0.4, 0.5) is 11.4 Å². The van der Waals surface area contributed by atoms with E-state index in [2.05, 4.69) is 10.6 Å². The topological polar surface area (TPSA) is 82.0 Å². The minimum atomic E-state index is -0.259. The Morgan fingerprint density at radius 1 is 1.03 bits per heavy atom. The summed E-state index contributed by atoms with van der Waals surface area (Å²) in [6.45, 7) is 1.87. The number of aryl methyl sites for hydroxylation is 1. The molecule has 0 saturated carbocycles. The second-order valence-corrected chi connectivity index (χ2v) is 7.89. The maximum atomic E-state index is 12.8. The van der Waals surface area contributed by atoms with E-state index < -0.39 is 0 Å². The molecule has 0 heterocycles. The molecule has 0 aliphatic heterocycles. The minimum absolute atomic E-state index is 0.126. The van der Waals surface area contributed by atoms with Crippen LogP contribution in [0.1, 0.15) is 21.5 Å². The van der Waals surface area contributed by atoms with Crippen LogP contribution in [0.2, 0.25) is 5.02 Å². The summed E-state index contributed by atoms with van der Waals surface area (Å²) in [5.74, 6) is -0.356. The quantitative estimate of drug-likeness (QED) is 0.500. The summed E-state index contributed by atoms with van der Waals surface area (Å²) in [5.41, 5.74) is 3.05. The van der Waals surface area contributed by atoms with Gasteiger partial charge in [-0.25, -0.2) is 0 Å². The summed E-state index contributed by atoms with van der Waals surface area (Å²) in [5, 5.41) is 15.2. The van der Waals surface area contributed by atoms with Crippen LogP contribution in [0.3, 0.4) is 0 Å². The molecule has 0 aliphatic rings. The van der Waals surface area contributed by atoms with Crippen LogP contribution < -0.4 is 10.6 Å². The molecule has 0 fully saturated rings. The molecular weight excluding hydrogens is 418 g/mol. The second-order valence-electron chi connectivity index (χ2n) is 6.44. The van der Waals surface area contributed by atoms with Crippen molar-refractivity contribution in [3.63, 3.8) is 0 Å². The Morgan fingerprint density at radius 2 is 1.83 bits per heavy atom. The van der Waals surface area contributed by atoms with Gasteiger partial charge in [0.05, 0.1) is 22.9 Å². The molecule has 0 unspecified atom stereocenters. The average Bonchev–Trinajstić information content (AvgIpc) is 2.74. The summed E-state index contributed by atoms with van der Waals surface area (Å²) in [7, 11) is 0. The van der Waals surface area contributed by atoms with Crippen molar-refractivity contribution < 1.29 is 9.59 Å². The molecule has 2 N–H and O–H groups in total. The van der Waals surface area contributed by atoms with E-state index >= 15 is 0 Å². The number of nitriles is 1. The number of nitrogens with one attached hydrogen (secondary N) is 2. The minimum Gasteiger partial charge on any atom is -0.325 e. The molecule has 2 amide bonds. The fraction of sp³-hybridized carbons (Fsp3) is 0.0870. The van der Waals surface area contributed by atoms with Crippen molar-refractivity contribution in [2.45, 2.75) is 11.8 Å². The highest BCUT2D eigenvalue weighted by atomic mass is 35.5. The van der Waals surface area contributed by atoms with Crippen LogP contribution in [0.5, 0.6) is 0 Å². The average molecular weight is 436 g/mol. The number of anilines is 2. The number of rotatable bonds is 6. The smallest absolute Gasteiger partial charge is 0.256 e. The summed E-state index contributed by atoms with van der Waals surface area (Å²) in [6, 6.07) is 21.1. The normalized spacial score (nSPS) is 10.2. The summed E-state index contributed by atoms with van der Waals surface area (Å²) in [6.07, 6.45) is 0. The number of hydrogen-bond donors (Lipinski definition) is 2. The lowest BCUT2D eigenvalue weighted by Crippen LogP contribution is -2.16. The number of thioether (sulfide) groups is 1. The zero-order chi connectivity index (χ0) is 21.5. The molecule has 5 nitrogen and oxygen atoms in total. The molecule has 3 rings (SSSR count). The van der Waals surface area contributed by atoms with E-state index in [4.69, 9.17) is 16.9 Å². The molecule has 0 aliphatic carbocycles. The number of nitrogens with zero attached hydrogens (tertiary/aromatic N) is 1. The highest BCUT2D eigenvalue weighted by Crippen LogP contribution is 2.25. The van der Waals surface area contributed by atoms with Gasteiger partial charge in [0.2, 0.25) is 5.91 Å². The SMILES string of the molecule is Cc1cc(Cl)ccc1NC(=O)c1ccccc1SCC(=O)Nc1cccc(C#N)c1. The zero-order valence-electron chi connectivity index (χ0n) is 16.1. The molecule has 0 spiro atoms. The Morgan fingerprint density at radius 3 is 2.60 bits per heavy atom. The Balaban J connectivity index is 1.66. The molecule has 3 aromatic carbocycles. The van der Waals surface area contributed by atoms with Crippen LogP contribution in [0, 0.1) is 18.3 Å². The van der Waals surface area contributed by atoms with E-state index in [-0.39, 0.29) is 17.6 Å². The highest BCUT2D eigenvalue weighted by Gasteiger charge is 2.14. The zero-order valence-corrected chi connectivity index (χ0v) is 17.7. The van der Waals surface area contributed by atoms with Gasteiger partial charge in [0, 0.05) is 21.3 Å². The lowest BCUT2D eigenvalue weighted by molar-refractivity contribution is -0.113. The third-order valence-corrected chi connectivity index (χ3v) is 5.51. The largest absolute Gasteiger partial charge is 0.325 e. The first-order chi connectivity index (χ1) is 14.5. The lowest BCUT2D eigenvalue weighted by Gasteiger charge is -2.12. The van der Waals surface area contributed by atoms with Crippen molar-refractivity contribution in [1.29, 1.82) is 5.26 Å². The summed E-state index contributed by atoms with van der Waals surface area (Å²) >= 11 is 7.24. The van der Waals surface area contributed by atoms with Gasteiger partial charge >= 0.3 is 0 Å². The van der Waals surface area contributed by atoms with Crippen LogP contribution >= 0.6 is 23.4 Å². The van der Waals surface area contributed by atoms with Gasteiger partial charge in [-0.3, -0.25) is 9.59 Å². The van der Waals surface area contributed by atoms with E-state index in [1.54, 1.807) is 60.7 Å². The van der Waals surface area contributed by atoms with E-state index in [1.165, 1.54) is 11.8 Å². The Labute approximate surface area is 184 Å². The van der Waals surface area contributed by atoms with Gasteiger partial charge in [-0.15, -0.1) is 11.8 Å². The van der Waals surface area contributed by atoms with Crippen molar-refractivity contribution in [2.75, 3.05) is 16.4 Å². The van der Waals surface area contributed by atoms with Gasteiger partial charge in [-0.2, -0.15) is 5.26 Å². The molecule has 0 aromatic heterocycles. The van der Waals surface area contributed by atoms with Crippen molar-refractivity contribution in [3.05, 3.63) is 88.4 Å². The molecule has 0 atom stereocenters. The fourth-order valence-corrected chi connectivity index (χ4v) is 3.82. The number of carbonyl (C=O) groups is 2. The van der Waals surface area contributed by atoms with Gasteiger partial charge < -0.3 is 10.6 Å². The maximum Gasteiger partial charge on any atom is 0.256 e. The van der Waals surface area contributed by atoms with E-state index in [1.807, 2.05) is 19.1 Å². The molecule has 3 aromatic rings. The van der Waals surface area contributed by atoms with Gasteiger partial charge in [0.15, 0.2) is 0 Å². The molecule has 0 saturated heterocycles. The summed E-state index contributed by atoms with van der Waals surface area (Å²) < 4.78 is 0. The fourth-order valence-electron chi connectivity index (χ4n) is 2.74. The highest BCUT2D eigenvalue weighted by molar-refractivity contribution is 8.00. The molecule has 0 bridgehead atoms. The van der Waals surface area contributed by atoms with Crippen LogP contribution in [-0.2, 0) is 4.79 Å². The molecule has 30 heavy (non-hydrogen) atoms. The van der Waals surface area contributed by atoms with E-state index in [9.17, 15) is 9.59 Å². The molecular formula is C23H18ClN3O2S. The van der Waals surface area contributed by atoms with Gasteiger partial charge in [0.1, 0.15) is 0 Å². The van der Waals surface area contributed by atoms with Gasteiger partial charge in [-0.05, 0) is 61.0 Å². The van der Waals surface area contributed by atoms with Crippen LogP contribution in [0.15, 0.2) is 71.6 Å². The van der Waals surface area contributed by atoms with Crippen molar-refractivity contribution in [1.82, 2.24) is 0 Å². The predicted octanol–water partition coefficient (Wildman–Crippen LogP) is 5.50. The Bertz CT molecular complexity index is 1140. The van der Waals surface area contributed by atoms with Crippen LogP contribution in [-0.4, -0.2) is 17.6 Å². The van der Waals surface area contributed by atoms with Gasteiger partial charge in [-0.1, -0.05) is 29.8 Å². The summed E-state index contributed by atoms with van der Waals surface area (Å²) in [4.78, 5) is 25.8. The third kappa shape index (κ3) is 5.63. The van der Waals surface area contributed by atoms with Gasteiger partial charge in [0.25, 0.3) is 5.91 Å².